The van der Waals surface area contributed by atoms with Crippen molar-refractivity contribution in [3.63, 3.8) is 0 Å². The van der Waals surface area contributed by atoms with Crippen LogP contribution in [0.15, 0.2) is 0 Å². The maximum Gasteiger partial charge on any atom is 0.187 e. The molecule has 0 radical (unpaired) electrons. The molecule has 0 aliphatic heterocycles. The maximum absolute atomic E-state index is 11.0. The number of rotatable bonds is 3. The third-order valence-corrected chi connectivity index (χ3v) is 1.92. The second-order valence-corrected chi connectivity index (χ2v) is 3.79. The average Bonchev–Trinajstić information content (AvgIpc) is 1.60. The van der Waals surface area contributed by atoms with Crippen LogP contribution in [0.5, 0.6) is 0 Å². The van der Waals surface area contributed by atoms with Gasteiger partial charge < -0.3 is 4.48 Å². The molecule has 0 rings (SSSR count). The molecule has 0 bridgehead atoms. The van der Waals surface area contributed by atoms with Crippen LogP contribution in [-0.4, -0.2) is 43.2 Å². The molecule has 0 amide bonds. The molecule has 0 aliphatic carbocycles. The molecule has 0 aromatic heterocycles. The van der Waals surface area contributed by atoms with Crippen molar-refractivity contribution in [2.45, 2.75) is 13.0 Å². The van der Waals surface area contributed by atoms with Gasteiger partial charge in [-0.05, 0) is 0 Å². The van der Waals surface area contributed by atoms with Gasteiger partial charge in [-0.1, -0.05) is 0 Å². The fourth-order valence-corrected chi connectivity index (χ4v) is 1.67. The van der Waals surface area contributed by atoms with Gasteiger partial charge in [0.25, 0.3) is 0 Å². The van der Waals surface area contributed by atoms with Gasteiger partial charge in [-0.15, -0.1) is 0 Å². The third kappa shape index (κ3) is 2.71. The number of nitrogens with zero attached hydrogens (tertiary/aromatic N) is 1. The summed E-state index contributed by atoms with van der Waals surface area (Å²) in [5, 5.41) is 0. The Morgan fingerprint density at radius 1 is 1.50 bits per heavy atom. The van der Waals surface area contributed by atoms with E-state index in [1.54, 1.807) is 6.92 Å². The molecular formula is C7H16NOS+. The summed E-state index contributed by atoms with van der Waals surface area (Å²) in [4.78, 5) is 11.0. The maximum atomic E-state index is 11.0. The lowest BCUT2D eigenvalue weighted by Crippen LogP contribution is -2.50. The minimum absolute atomic E-state index is 0.0309. The van der Waals surface area contributed by atoms with Crippen molar-refractivity contribution < 1.29 is 9.28 Å². The number of Topliss-reactive ketones (excluding diaryl/α,β-unsaturated/α-hetero) is 1. The van der Waals surface area contributed by atoms with Gasteiger partial charge in [0.05, 0.1) is 26.9 Å². The summed E-state index contributed by atoms with van der Waals surface area (Å²) in [6.45, 7) is 1.62. The van der Waals surface area contributed by atoms with E-state index in [4.69, 9.17) is 0 Å². The van der Waals surface area contributed by atoms with Gasteiger partial charge in [-0.25, -0.2) is 0 Å². The molecule has 0 aliphatic rings. The third-order valence-electron chi connectivity index (χ3n) is 1.58. The Balaban J connectivity index is 4.22. The normalized spacial score (nSPS) is 14.9. The molecule has 1 atom stereocenters. The van der Waals surface area contributed by atoms with E-state index in [2.05, 4.69) is 12.6 Å². The van der Waals surface area contributed by atoms with E-state index in [-0.39, 0.29) is 11.8 Å². The minimum atomic E-state index is 0.0309. The van der Waals surface area contributed by atoms with Crippen LogP contribution in [0.1, 0.15) is 6.92 Å². The van der Waals surface area contributed by atoms with Crippen LogP contribution in [0.3, 0.4) is 0 Å². The highest BCUT2D eigenvalue weighted by molar-refractivity contribution is 7.80. The van der Waals surface area contributed by atoms with Crippen LogP contribution < -0.4 is 0 Å². The topological polar surface area (TPSA) is 17.1 Å². The summed E-state index contributed by atoms with van der Waals surface area (Å²) in [7, 11) is 6.01. The Morgan fingerprint density at radius 2 is 1.90 bits per heavy atom. The molecule has 0 heterocycles. The molecule has 0 saturated carbocycles. The van der Waals surface area contributed by atoms with Crippen molar-refractivity contribution in [2.75, 3.05) is 26.9 Å². The Morgan fingerprint density at radius 3 is 1.90 bits per heavy atom. The van der Waals surface area contributed by atoms with E-state index in [1.165, 1.54) is 0 Å². The van der Waals surface area contributed by atoms with Gasteiger partial charge in [0.1, 0.15) is 0 Å². The lowest BCUT2D eigenvalue weighted by Gasteiger charge is -2.31. The lowest BCUT2D eigenvalue weighted by molar-refractivity contribution is -0.883. The monoisotopic (exact) mass is 162 g/mol. The second-order valence-electron chi connectivity index (χ2n) is 3.43. The number of carbonyl (C=O) groups excluding carboxylic acids is 1. The molecule has 0 saturated heterocycles. The largest absolute Gasteiger partial charge is 0.322 e. The fourth-order valence-electron chi connectivity index (χ4n) is 0.919. The van der Waals surface area contributed by atoms with E-state index in [0.29, 0.717) is 10.2 Å². The molecule has 0 aromatic carbocycles. The summed E-state index contributed by atoms with van der Waals surface area (Å²) in [5.41, 5.74) is 0. The number of hydrogen-bond acceptors (Lipinski definition) is 2. The van der Waals surface area contributed by atoms with E-state index >= 15 is 0 Å². The quantitative estimate of drug-likeness (QED) is 0.474. The zero-order valence-electron chi connectivity index (χ0n) is 7.09. The highest BCUT2D eigenvalue weighted by Gasteiger charge is 2.26. The lowest BCUT2D eigenvalue weighted by atomic mass is 10.2. The summed E-state index contributed by atoms with van der Waals surface area (Å²) < 4.78 is 0.666. The molecular weight excluding hydrogens is 146 g/mol. The van der Waals surface area contributed by atoms with Crippen molar-refractivity contribution in [1.29, 1.82) is 0 Å². The first-order valence-corrected chi connectivity index (χ1v) is 3.95. The van der Waals surface area contributed by atoms with Crippen LogP contribution in [0.4, 0.5) is 0 Å². The molecule has 10 heavy (non-hydrogen) atoms. The van der Waals surface area contributed by atoms with Crippen LogP contribution in [0, 0.1) is 0 Å². The van der Waals surface area contributed by atoms with Crippen LogP contribution in [0.2, 0.25) is 0 Å². The summed E-state index contributed by atoms with van der Waals surface area (Å²) in [6, 6.07) is 0.0309. The zero-order valence-corrected chi connectivity index (χ0v) is 7.98. The first-order valence-electron chi connectivity index (χ1n) is 3.32. The average molecular weight is 162 g/mol. The van der Waals surface area contributed by atoms with Crippen molar-refractivity contribution in [2.24, 2.45) is 0 Å². The number of quaternary nitrogens is 1. The molecule has 2 nitrogen and oxygen atoms in total. The fraction of sp³-hybridized carbons (Fsp3) is 0.857. The van der Waals surface area contributed by atoms with Crippen LogP contribution >= 0.6 is 12.6 Å². The summed E-state index contributed by atoms with van der Waals surface area (Å²) in [5.74, 6) is 0.834. The van der Waals surface area contributed by atoms with Gasteiger partial charge in [-0.2, -0.15) is 12.6 Å². The number of hydrogen-bond donors (Lipinski definition) is 1. The summed E-state index contributed by atoms with van der Waals surface area (Å²) >= 11 is 4.11. The van der Waals surface area contributed by atoms with Gasteiger partial charge in [0.2, 0.25) is 0 Å². The number of thiol groups is 1. The smallest absolute Gasteiger partial charge is 0.187 e. The molecule has 0 spiro atoms. The van der Waals surface area contributed by atoms with Gasteiger partial charge in [-0.3, -0.25) is 4.79 Å². The number of ketones is 1. The van der Waals surface area contributed by atoms with E-state index in [1.807, 2.05) is 21.1 Å². The SMILES string of the molecule is CC(=O)C(CS)[N+](C)(C)C. The van der Waals surface area contributed by atoms with E-state index < -0.39 is 0 Å². The van der Waals surface area contributed by atoms with Crippen molar-refractivity contribution in [1.82, 2.24) is 0 Å². The van der Waals surface area contributed by atoms with E-state index in [0.717, 1.165) is 0 Å². The van der Waals surface area contributed by atoms with Crippen LogP contribution in [-0.2, 0) is 4.79 Å². The van der Waals surface area contributed by atoms with Crippen LogP contribution in [0.25, 0.3) is 0 Å². The van der Waals surface area contributed by atoms with Crippen molar-refractivity contribution in [3.05, 3.63) is 0 Å². The Labute approximate surface area is 68.2 Å². The molecule has 3 heteroatoms. The minimum Gasteiger partial charge on any atom is -0.322 e. The predicted octanol–water partition coefficient (Wildman–Crippen LogP) is 0.580. The molecule has 0 N–H and O–H groups in total. The second kappa shape index (κ2) is 3.39. The molecule has 0 fully saturated rings. The zero-order chi connectivity index (χ0) is 8.36. The molecule has 0 aromatic rings. The Bertz CT molecular complexity index is 128. The summed E-state index contributed by atoms with van der Waals surface area (Å²) in [6.07, 6.45) is 0. The first kappa shape index (κ1) is 9.98. The van der Waals surface area contributed by atoms with E-state index in [9.17, 15) is 4.79 Å². The Kier molecular flexibility index (Phi) is 3.39. The van der Waals surface area contributed by atoms with Crippen molar-refractivity contribution in [3.8, 4) is 0 Å². The highest BCUT2D eigenvalue weighted by atomic mass is 32.1. The highest BCUT2D eigenvalue weighted by Crippen LogP contribution is 2.05. The van der Waals surface area contributed by atoms with Gasteiger partial charge in [0.15, 0.2) is 11.8 Å². The molecule has 60 valence electrons. The van der Waals surface area contributed by atoms with Crippen molar-refractivity contribution >= 4 is 18.4 Å². The standard InChI is InChI=1S/C7H15NOS/c1-6(9)7(5-10)8(2,3)4/h7H,5H2,1-4H3/p+1. The number of likely N-dealkylation sites (N-methyl/N-ethyl adjacent to an activating group) is 1. The predicted molar refractivity (Wildman–Crippen MR) is 46.4 cm³/mol. The Hall–Kier alpha value is -0.0200. The van der Waals surface area contributed by atoms with Gasteiger partial charge in [0, 0.05) is 6.92 Å². The number of carbonyl (C=O) groups is 1. The molecule has 1 unspecified atom stereocenters. The first-order chi connectivity index (χ1) is 4.39. The van der Waals surface area contributed by atoms with Gasteiger partial charge >= 0.3 is 0 Å².